The Balaban J connectivity index is 1.70. The summed E-state index contributed by atoms with van der Waals surface area (Å²) in [5, 5.41) is 12.1. The van der Waals surface area contributed by atoms with E-state index in [9.17, 15) is 4.79 Å². The van der Waals surface area contributed by atoms with Gasteiger partial charge in [0.05, 0.1) is 13.7 Å². The molecular formula is C15H21NO3. The number of methoxy groups -OCH3 is 1. The predicted molar refractivity (Wildman–Crippen MR) is 73.1 cm³/mol. The molecule has 19 heavy (non-hydrogen) atoms. The number of rotatable bonds is 7. The molecule has 4 heteroatoms. The molecule has 1 aliphatic rings. The maximum Gasteiger partial charge on any atom is 0.220 e. The van der Waals surface area contributed by atoms with Gasteiger partial charge < -0.3 is 15.2 Å². The van der Waals surface area contributed by atoms with Crippen LogP contribution in [0.1, 0.15) is 24.8 Å². The monoisotopic (exact) mass is 263 g/mol. The fraction of sp³-hybridized carbons (Fsp3) is 0.533. The first-order chi connectivity index (χ1) is 9.17. The van der Waals surface area contributed by atoms with Crippen molar-refractivity contribution in [1.29, 1.82) is 0 Å². The number of ether oxygens (including phenoxy) is 1. The van der Waals surface area contributed by atoms with Gasteiger partial charge in [-0.25, -0.2) is 0 Å². The summed E-state index contributed by atoms with van der Waals surface area (Å²) in [7, 11) is 1.64. The lowest BCUT2D eigenvalue weighted by molar-refractivity contribution is -0.121. The van der Waals surface area contributed by atoms with Gasteiger partial charge in [-0.1, -0.05) is 12.1 Å². The summed E-state index contributed by atoms with van der Waals surface area (Å²) in [4.78, 5) is 11.7. The van der Waals surface area contributed by atoms with Crippen molar-refractivity contribution in [3.8, 4) is 5.75 Å². The topological polar surface area (TPSA) is 58.6 Å². The number of aliphatic hydroxyl groups excluding tert-OH is 1. The number of carbonyl (C=O) groups excluding carboxylic acids is 1. The van der Waals surface area contributed by atoms with E-state index in [1.807, 2.05) is 24.3 Å². The molecule has 0 aliphatic heterocycles. The first kappa shape index (κ1) is 13.9. The zero-order chi connectivity index (χ0) is 13.7. The van der Waals surface area contributed by atoms with E-state index in [1.165, 1.54) is 0 Å². The molecule has 1 fully saturated rings. The molecule has 0 spiro atoms. The Morgan fingerprint density at radius 2 is 2.05 bits per heavy atom. The second-order valence-corrected chi connectivity index (χ2v) is 5.28. The maximum atomic E-state index is 11.7. The molecule has 0 aromatic heterocycles. The molecule has 0 unspecified atom stereocenters. The zero-order valence-electron chi connectivity index (χ0n) is 11.3. The van der Waals surface area contributed by atoms with E-state index < -0.39 is 0 Å². The summed E-state index contributed by atoms with van der Waals surface area (Å²) >= 11 is 0. The maximum absolute atomic E-state index is 11.7. The van der Waals surface area contributed by atoms with Gasteiger partial charge in [0.2, 0.25) is 5.91 Å². The first-order valence-corrected chi connectivity index (χ1v) is 6.68. The fourth-order valence-corrected chi connectivity index (χ4v) is 1.99. The highest BCUT2D eigenvalue weighted by molar-refractivity contribution is 5.76. The summed E-state index contributed by atoms with van der Waals surface area (Å²) < 4.78 is 5.09. The van der Waals surface area contributed by atoms with Crippen LogP contribution in [0.3, 0.4) is 0 Å². The van der Waals surface area contributed by atoms with Crippen LogP contribution in [-0.4, -0.2) is 31.3 Å². The number of benzene rings is 1. The van der Waals surface area contributed by atoms with Crippen LogP contribution >= 0.6 is 0 Å². The lowest BCUT2D eigenvalue weighted by atomic mass is 10.1. The second kappa shape index (κ2) is 6.06. The van der Waals surface area contributed by atoms with E-state index in [0.29, 0.717) is 13.0 Å². The molecule has 2 rings (SSSR count). The minimum atomic E-state index is -0.0181. The third-order valence-corrected chi connectivity index (χ3v) is 3.75. The average Bonchev–Trinajstić information content (AvgIpc) is 3.24. The molecule has 1 aromatic rings. The predicted octanol–water partition coefficient (Wildman–Crippen LogP) is 1.52. The molecule has 1 amide bonds. The fourth-order valence-electron chi connectivity index (χ4n) is 1.99. The van der Waals surface area contributed by atoms with Crippen LogP contribution in [0.15, 0.2) is 24.3 Å². The molecule has 104 valence electrons. The van der Waals surface area contributed by atoms with Gasteiger partial charge in [0.25, 0.3) is 0 Å². The van der Waals surface area contributed by atoms with Crippen molar-refractivity contribution in [3.05, 3.63) is 29.8 Å². The van der Waals surface area contributed by atoms with E-state index in [4.69, 9.17) is 9.84 Å². The van der Waals surface area contributed by atoms with E-state index >= 15 is 0 Å². The third-order valence-electron chi connectivity index (χ3n) is 3.75. The number of carbonyl (C=O) groups is 1. The number of hydrogen-bond donors (Lipinski definition) is 2. The average molecular weight is 263 g/mol. The highest BCUT2D eigenvalue weighted by Crippen LogP contribution is 2.44. The largest absolute Gasteiger partial charge is 0.497 e. The van der Waals surface area contributed by atoms with Crippen LogP contribution in [0, 0.1) is 5.41 Å². The molecule has 0 atom stereocenters. The van der Waals surface area contributed by atoms with Gasteiger partial charge >= 0.3 is 0 Å². The molecule has 2 N–H and O–H groups in total. The van der Waals surface area contributed by atoms with Gasteiger partial charge in [-0.05, 0) is 37.0 Å². The van der Waals surface area contributed by atoms with Crippen LogP contribution < -0.4 is 10.1 Å². The van der Waals surface area contributed by atoms with Crippen molar-refractivity contribution in [3.63, 3.8) is 0 Å². The minimum Gasteiger partial charge on any atom is -0.497 e. The van der Waals surface area contributed by atoms with E-state index in [2.05, 4.69) is 5.32 Å². The summed E-state index contributed by atoms with van der Waals surface area (Å²) in [6, 6.07) is 7.75. The van der Waals surface area contributed by atoms with Crippen LogP contribution in [0.5, 0.6) is 5.75 Å². The molecule has 1 aliphatic carbocycles. The van der Waals surface area contributed by atoms with Gasteiger partial charge in [-0.15, -0.1) is 0 Å². The van der Waals surface area contributed by atoms with Crippen LogP contribution in [0.2, 0.25) is 0 Å². The molecule has 0 saturated heterocycles. The Labute approximate surface area is 113 Å². The lowest BCUT2D eigenvalue weighted by Gasteiger charge is -2.12. The van der Waals surface area contributed by atoms with Crippen molar-refractivity contribution in [2.24, 2.45) is 5.41 Å². The molecule has 4 nitrogen and oxygen atoms in total. The number of amides is 1. The van der Waals surface area contributed by atoms with E-state index in [1.54, 1.807) is 7.11 Å². The van der Waals surface area contributed by atoms with Gasteiger partial charge in [-0.2, -0.15) is 0 Å². The zero-order valence-corrected chi connectivity index (χ0v) is 11.3. The lowest BCUT2D eigenvalue weighted by Crippen LogP contribution is -2.31. The Morgan fingerprint density at radius 3 is 2.58 bits per heavy atom. The van der Waals surface area contributed by atoms with E-state index in [0.717, 1.165) is 30.6 Å². The number of hydrogen-bond acceptors (Lipinski definition) is 3. The molecule has 0 radical (unpaired) electrons. The molecule has 1 saturated carbocycles. The summed E-state index contributed by atoms with van der Waals surface area (Å²) in [5.74, 6) is 0.877. The normalized spacial score (nSPS) is 15.9. The molecule has 1 aromatic carbocycles. The Bertz CT molecular complexity index is 424. The van der Waals surface area contributed by atoms with Crippen molar-refractivity contribution in [1.82, 2.24) is 5.32 Å². The summed E-state index contributed by atoms with van der Waals surface area (Å²) in [6.45, 7) is 0.775. The van der Waals surface area contributed by atoms with Gasteiger partial charge in [0.1, 0.15) is 5.75 Å². The van der Waals surface area contributed by atoms with Gasteiger partial charge in [0, 0.05) is 18.4 Å². The minimum absolute atomic E-state index is 0.0181. The summed E-state index contributed by atoms with van der Waals surface area (Å²) in [5.41, 5.74) is 1.11. The third kappa shape index (κ3) is 3.96. The highest BCUT2D eigenvalue weighted by Gasteiger charge is 2.41. The number of aliphatic hydroxyl groups is 1. The molecule has 0 heterocycles. The van der Waals surface area contributed by atoms with Crippen molar-refractivity contribution < 1.29 is 14.6 Å². The highest BCUT2D eigenvalue weighted by atomic mass is 16.5. The smallest absolute Gasteiger partial charge is 0.220 e. The van der Waals surface area contributed by atoms with E-state index in [-0.39, 0.29) is 17.9 Å². The summed E-state index contributed by atoms with van der Waals surface area (Å²) in [6.07, 6.45) is 3.24. The number of aryl methyl sites for hydroxylation is 1. The van der Waals surface area contributed by atoms with Gasteiger partial charge in [0.15, 0.2) is 0 Å². The Morgan fingerprint density at radius 1 is 1.37 bits per heavy atom. The first-order valence-electron chi connectivity index (χ1n) is 6.68. The quantitative estimate of drug-likeness (QED) is 0.784. The van der Waals surface area contributed by atoms with Crippen LogP contribution in [0.4, 0.5) is 0 Å². The Hall–Kier alpha value is -1.55. The SMILES string of the molecule is COc1ccc(CCC(=O)NCC2(CO)CC2)cc1. The van der Waals surface area contributed by atoms with Gasteiger partial charge in [-0.3, -0.25) is 4.79 Å². The van der Waals surface area contributed by atoms with Crippen LogP contribution in [-0.2, 0) is 11.2 Å². The molecular weight excluding hydrogens is 242 g/mol. The second-order valence-electron chi connectivity index (χ2n) is 5.28. The molecule has 0 bridgehead atoms. The standard InChI is InChI=1S/C15H21NO3/c1-19-13-5-2-12(3-6-13)4-7-14(18)16-10-15(11-17)8-9-15/h2-3,5-6,17H,4,7-11H2,1H3,(H,16,18). The van der Waals surface area contributed by atoms with Crippen molar-refractivity contribution in [2.45, 2.75) is 25.7 Å². The van der Waals surface area contributed by atoms with Crippen LogP contribution in [0.25, 0.3) is 0 Å². The van der Waals surface area contributed by atoms with Crippen molar-refractivity contribution >= 4 is 5.91 Å². The Kier molecular flexibility index (Phi) is 4.43. The number of nitrogens with one attached hydrogen (secondary N) is 1. The van der Waals surface area contributed by atoms with Crippen molar-refractivity contribution in [2.75, 3.05) is 20.3 Å².